The maximum atomic E-state index is 12.4. The topological polar surface area (TPSA) is 108 Å². The lowest BCUT2D eigenvalue weighted by atomic mass is 10.1. The summed E-state index contributed by atoms with van der Waals surface area (Å²) in [6, 6.07) is 11.5. The smallest absolute Gasteiger partial charge is 0.258 e. The Kier molecular flexibility index (Phi) is 6.59. The van der Waals surface area contributed by atoms with Gasteiger partial charge >= 0.3 is 0 Å². The van der Waals surface area contributed by atoms with Crippen molar-refractivity contribution in [2.45, 2.75) is 17.7 Å². The predicted octanol–water partition coefficient (Wildman–Crippen LogP) is 1.71. The first-order valence-electron chi connectivity index (χ1n) is 7.97. The molecule has 0 aliphatic rings. The van der Waals surface area contributed by atoms with Crippen LogP contribution in [0.25, 0.3) is 0 Å². The lowest BCUT2D eigenvalue weighted by molar-refractivity contribution is 0.0947. The summed E-state index contributed by atoms with van der Waals surface area (Å²) in [5.41, 5.74) is 1.32. The molecule has 26 heavy (non-hydrogen) atoms. The zero-order chi connectivity index (χ0) is 19.2. The van der Waals surface area contributed by atoms with E-state index in [1.54, 1.807) is 30.3 Å². The van der Waals surface area contributed by atoms with Crippen molar-refractivity contribution < 1.29 is 22.7 Å². The van der Waals surface area contributed by atoms with Crippen LogP contribution in [0.4, 0.5) is 0 Å². The van der Waals surface area contributed by atoms with Gasteiger partial charge in [-0.05, 0) is 42.7 Å². The highest BCUT2D eigenvalue weighted by Crippen LogP contribution is 2.27. The van der Waals surface area contributed by atoms with Crippen molar-refractivity contribution in [3.05, 3.63) is 53.6 Å². The van der Waals surface area contributed by atoms with Crippen molar-refractivity contribution in [2.24, 2.45) is 5.14 Å². The minimum absolute atomic E-state index is 0.0813. The second kappa shape index (κ2) is 8.68. The monoisotopic (exact) mass is 378 g/mol. The fourth-order valence-corrected chi connectivity index (χ4v) is 3.02. The van der Waals surface area contributed by atoms with Crippen LogP contribution in [0.2, 0.25) is 0 Å². The van der Waals surface area contributed by atoms with Crippen LogP contribution < -0.4 is 19.9 Å². The van der Waals surface area contributed by atoms with Gasteiger partial charge in [0.05, 0.1) is 19.1 Å². The number of aryl methyl sites for hydroxylation is 1. The Bertz CT molecular complexity index is 841. The van der Waals surface area contributed by atoms with Crippen LogP contribution in [0.3, 0.4) is 0 Å². The quantitative estimate of drug-likeness (QED) is 0.680. The fraction of sp³-hybridized carbons (Fsp3) is 0.278. The normalized spacial score (nSPS) is 11.0. The van der Waals surface area contributed by atoms with Crippen molar-refractivity contribution >= 4 is 15.9 Å². The molecule has 2 aromatic rings. The Labute approximate surface area is 153 Å². The third-order valence-electron chi connectivity index (χ3n) is 3.83. The lowest BCUT2D eigenvalue weighted by Gasteiger charge is -2.13. The Hall–Kier alpha value is -2.58. The highest BCUT2D eigenvalue weighted by molar-refractivity contribution is 7.89. The molecule has 0 fully saturated rings. The molecule has 0 radical (unpaired) electrons. The zero-order valence-corrected chi connectivity index (χ0v) is 15.5. The van der Waals surface area contributed by atoms with E-state index in [4.69, 9.17) is 14.6 Å². The van der Waals surface area contributed by atoms with E-state index in [1.165, 1.54) is 26.4 Å². The number of nitrogens with two attached hydrogens (primary N) is 1. The number of primary sulfonamides is 1. The minimum Gasteiger partial charge on any atom is -0.496 e. The Morgan fingerprint density at radius 2 is 1.62 bits per heavy atom. The molecule has 0 aliphatic carbocycles. The summed E-state index contributed by atoms with van der Waals surface area (Å²) < 4.78 is 32.9. The average Bonchev–Trinajstić information content (AvgIpc) is 2.63. The summed E-state index contributed by atoms with van der Waals surface area (Å²) in [5.74, 6) is 0.615. The van der Waals surface area contributed by atoms with Crippen LogP contribution in [0, 0.1) is 0 Å². The Morgan fingerprint density at radius 1 is 1.04 bits per heavy atom. The van der Waals surface area contributed by atoms with E-state index in [9.17, 15) is 13.2 Å². The number of nitrogens with one attached hydrogen (secondary N) is 1. The fourth-order valence-electron chi connectivity index (χ4n) is 2.50. The van der Waals surface area contributed by atoms with Crippen molar-refractivity contribution in [1.82, 2.24) is 5.32 Å². The number of benzene rings is 2. The molecule has 8 heteroatoms. The molecule has 0 heterocycles. The van der Waals surface area contributed by atoms with Crippen molar-refractivity contribution in [3.8, 4) is 11.5 Å². The van der Waals surface area contributed by atoms with Gasteiger partial charge in [0.15, 0.2) is 0 Å². The molecular weight excluding hydrogens is 356 g/mol. The predicted molar refractivity (Wildman–Crippen MR) is 98.0 cm³/mol. The summed E-state index contributed by atoms with van der Waals surface area (Å²) in [4.78, 5) is 12.5. The van der Waals surface area contributed by atoms with Gasteiger partial charge < -0.3 is 14.8 Å². The number of carbonyl (C=O) groups excluding carboxylic acids is 1. The van der Waals surface area contributed by atoms with Gasteiger partial charge in [0.2, 0.25) is 10.0 Å². The van der Waals surface area contributed by atoms with Gasteiger partial charge in [0.25, 0.3) is 5.91 Å². The summed E-state index contributed by atoms with van der Waals surface area (Å²) in [6.07, 6.45) is 1.38. The summed E-state index contributed by atoms with van der Waals surface area (Å²) >= 11 is 0. The van der Waals surface area contributed by atoms with Crippen molar-refractivity contribution in [2.75, 3.05) is 20.8 Å². The van der Waals surface area contributed by atoms with Crippen LogP contribution >= 0.6 is 0 Å². The molecule has 3 N–H and O–H groups in total. The average molecular weight is 378 g/mol. The van der Waals surface area contributed by atoms with Crippen LogP contribution in [-0.4, -0.2) is 35.1 Å². The SMILES string of the molecule is COc1cccc(OC)c1C(=O)NCCCc1ccc(S(N)(=O)=O)cc1. The molecule has 140 valence electrons. The third kappa shape index (κ3) is 4.96. The summed E-state index contributed by atoms with van der Waals surface area (Å²) in [6.45, 7) is 0.455. The van der Waals surface area contributed by atoms with Crippen molar-refractivity contribution in [3.63, 3.8) is 0 Å². The van der Waals surface area contributed by atoms with Gasteiger partial charge in [-0.25, -0.2) is 13.6 Å². The molecular formula is C18H22N2O5S. The first-order chi connectivity index (χ1) is 12.4. The Balaban J connectivity index is 1.91. The largest absolute Gasteiger partial charge is 0.496 e. The number of hydrogen-bond donors (Lipinski definition) is 2. The third-order valence-corrected chi connectivity index (χ3v) is 4.76. The first kappa shape index (κ1) is 19.7. The number of ether oxygens (including phenoxy) is 2. The van der Waals surface area contributed by atoms with Gasteiger partial charge in [-0.2, -0.15) is 0 Å². The maximum absolute atomic E-state index is 12.4. The molecule has 0 bridgehead atoms. The molecule has 0 saturated heterocycles. The molecule has 0 spiro atoms. The maximum Gasteiger partial charge on any atom is 0.258 e. The van der Waals surface area contributed by atoms with E-state index in [0.29, 0.717) is 36.4 Å². The van der Waals surface area contributed by atoms with Gasteiger partial charge in [0, 0.05) is 6.54 Å². The molecule has 0 aromatic heterocycles. The van der Waals surface area contributed by atoms with E-state index in [1.807, 2.05) is 0 Å². The molecule has 1 amide bonds. The van der Waals surface area contributed by atoms with Gasteiger partial charge in [-0.1, -0.05) is 18.2 Å². The highest BCUT2D eigenvalue weighted by atomic mass is 32.2. The molecule has 0 unspecified atom stereocenters. The number of rotatable bonds is 8. The van der Waals surface area contributed by atoms with E-state index in [0.717, 1.165) is 5.56 Å². The molecule has 7 nitrogen and oxygen atoms in total. The van der Waals surface area contributed by atoms with Crippen molar-refractivity contribution in [1.29, 1.82) is 0 Å². The number of hydrogen-bond acceptors (Lipinski definition) is 5. The highest BCUT2D eigenvalue weighted by Gasteiger charge is 2.17. The molecule has 0 aliphatic heterocycles. The van der Waals surface area contributed by atoms with Gasteiger partial charge in [-0.3, -0.25) is 4.79 Å². The van der Waals surface area contributed by atoms with Gasteiger partial charge in [0.1, 0.15) is 17.1 Å². The summed E-state index contributed by atoms with van der Waals surface area (Å²) in [5, 5.41) is 7.91. The second-order valence-corrected chi connectivity index (χ2v) is 7.15. The lowest BCUT2D eigenvalue weighted by Crippen LogP contribution is -2.25. The summed E-state index contributed by atoms with van der Waals surface area (Å²) in [7, 11) is -0.687. The van der Waals surface area contributed by atoms with E-state index in [2.05, 4.69) is 5.32 Å². The zero-order valence-electron chi connectivity index (χ0n) is 14.7. The molecule has 2 aromatic carbocycles. The van der Waals surface area contributed by atoms with E-state index in [-0.39, 0.29) is 10.8 Å². The van der Waals surface area contributed by atoms with Gasteiger partial charge in [-0.15, -0.1) is 0 Å². The number of amides is 1. The first-order valence-corrected chi connectivity index (χ1v) is 9.52. The number of methoxy groups -OCH3 is 2. The van der Waals surface area contributed by atoms with Crippen LogP contribution in [0.15, 0.2) is 47.4 Å². The number of sulfonamides is 1. The van der Waals surface area contributed by atoms with Crippen LogP contribution in [-0.2, 0) is 16.4 Å². The van der Waals surface area contributed by atoms with E-state index < -0.39 is 10.0 Å². The Morgan fingerprint density at radius 3 is 2.12 bits per heavy atom. The molecule has 0 atom stereocenters. The standard InChI is InChI=1S/C18H22N2O5S/c1-24-15-6-3-7-16(25-2)17(15)18(21)20-12-4-5-13-8-10-14(11-9-13)26(19,22)23/h3,6-11H,4-5,12H2,1-2H3,(H,20,21)(H2,19,22,23). The minimum atomic E-state index is -3.68. The van der Waals surface area contributed by atoms with E-state index >= 15 is 0 Å². The second-order valence-electron chi connectivity index (χ2n) is 5.59. The molecule has 0 saturated carbocycles. The van der Waals surface area contributed by atoms with Crippen LogP contribution in [0.5, 0.6) is 11.5 Å². The number of carbonyl (C=O) groups is 1. The molecule has 2 rings (SSSR count). The van der Waals surface area contributed by atoms with Crippen LogP contribution in [0.1, 0.15) is 22.3 Å².